The van der Waals surface area contributed by atoms with Gasteiger partial charge < -0.3 is 28.0 Å². The van der Waals surface area contributed by atoms with E-state index in [-0.39, 0.29) is 18.5 Å². The van der Waals surface area contributed by atoms with Gasteiger partial charge in [-0.25, -0.2) is 14.4 Å². The molecule has 0 aromatic heterocycles. The second-order valence-corrected chi connectivity index (χ2v) is 9.12. The number of esters is 4. The molecule has 0 radical (unpaired) electrons. The van der Waals surface area contributed by atoms with E-state index in [0.717, 1.165) is 28.4 Å². The molecular weight excluding hydrogens is 455 g/mol. The van der Waals surface area contributed by atoms with Crippen LogP contribution in [0.4, 0.5) is 0 Å². The van der Waals surface area contributed by atoms with Crippen LogP contribution in [0.25, 0.3) is 0 Å². The highest BCUT2D eigenvalue weighted by molar-refractivity contribution is 7.76. The van der Waals surface area contributed by atoms with E-state index in [1.54, 1.807) is 44.2 Å². The van der Waals surface area contributed by atoms with Crippen LogP contribution >= 0.6 is 7.34 Å². The summed E-state index contributed by atoms with van der Waals surface area (Å²) in [6.07, 6.45) is 0. The number of hydrogen-bond donors (Lipinski definition) is 0. The number of carbonyl (C=O) groups is 4. The lowest BCUT2D eigenvalue weighted by molar-refractivity contribution is -0.148. The Morgan fingerprint density at radius 1 is 0.758 bits per heavy atom. The van der Waals surface area contributed by atoms with Crippen LogP contribution in [0.15, 0.2) is 41.5 Å². The van der Waals surface area contributed by atoms with E-state index in [0.29, 0.717) is 5.30 Å². The second kappa shape index (κ2) is 10.8. The predicted molar refractivity (Wildman–Crippen MR) is 119 cm³/mol. The van der Waals surface area contributed by atoms with Gasteiger partial charge in [0, 0.05) is 5.30 Å². The van der Waals surface area contributed by atoms with E-state index in [9.17, 15) is 19.2 Å². The molecule has 0 saturated carbocycles. The molecule has 0 bridgehead atoms. The molecule has 0 atom stereocenters. The summed E-state index contributed by atoms with van der Waals surface area (Å²) in [7, 11) is 0.665. The van der Waals surface area contributed by atoms with Crippen LogP contribution in [0.1, 0.15) is 13.8 Å². The van der Waals surface area contributed by atoms with Gasteiger partial charge in [0.15, 0.2) is 12.8 Å². The normalized spacial score (nSPS) is 14.2. The highest BCUT2D eigenvalue weighted by Gasteiger charge is 2.73. The Morgan fingerprint density at radius 3 is 1.61 bits per heavy atom. The largest absolute Gasteiger partial charge is 0.468 e. The van der Waals surface area contributed by atoms with Gasteiger partial charge in [0.2, 0.25) is 0 Å². The summed E-state index contributed by atoms with van der Waals surface area (Å²) in [6.45, 7) is 3.50. The highest BCUT2D eigenvalue weighted by atomic mass is 31.2. The van der Waals surface area contributed by atoms with Crippen molar-refractivity contribution in [1.82, 2.24) is 0 Å². The standard InChI is InChI=1S/C22H27O10P/c1-7-31-33(32-8-2,14-12-10-9-11-13-14)17(20(25)29-5)22(21(26)30-6)15(18(23)27-3)16(22)19(24)28-4/h9-13H,7-8H2,1-6H3. The van der Waals surface area contributed by atoms with Crippen molar-refractivity contribution in [2.24, 2.45) is 5.41 Å². The molecular formula is C22H27O10P. The van der Waals surface area contributed by atoms with Crippen LogP contribution in [0, 0.1) is 5.41 Å². The van der Waals surface area contributed by atoms with Crippen molar-refractivity contribution in [2.45, 2.75) is 13.8 Å². The summed E-state index contributed by atoms with van der Waals surface area (Å²) < 4.78 is 31.8. The monoisotopic (exact) mass is 482 g/mol. The molecule has 2 rings (SSSR count). The molecule has 10 nitrogen and oxygen atoms in total. The van der Waals surface area contributed by atoms with E-state index in [1.165, 1.54) is 0 Å². The van der Waals surface area contributed by atoms with Crippen molar-refractivity contribution in [1.29, 1.82) is 0 Å². The van der Waals surface area contributed by atoms with E-state index >= 15 is 0 Å². The minimum atomic E-state index is -3.65. The molecule has 1 aromatic rings. The number of carbonyl (C=O) groups excluding carboxylic acids is 4. The molecule has 1 aliphatic carbocycles. The van der Waals surface area contributed by atoms with Gasteiger partial charge >= 0.3 is 23.9 Å². The minimum absolute atomic E-state index is 0.0710. The van der Waals surface area contributed by atoms with Crippen molar-refractivity contribution in [3.05, 3.63) is 41.5 Å². The molecule has 0 saturated heterocycles. The van der Waals surface area contributed by atoms with Crippen LogP contribution in [-0.2, 0) is 47.2 Å². The fourth-order valence-corrected chi connectivity index (χ4v) is 6.98. The van der Waals surface area contributed by atoms with Crippen molar-refractivity contribution < 1.29 is 47.2 Å². The van der Waals surface area contributed by atoms with Gasteiger partial charge in [-0.05, 0) is 13.8 Å². The van der Waals surface area contributed by atoms with Gasteiger partial charge in [0.25, 0.3) is 0 Å². The van der Waals surface area contributed by atoms with Crippen molar-refractivity contribution in [3.8, 4) is 0 Å². The number of benzene rings is 1. The first-order valence-corrected chi connectivity index (χ1v) is 11.6. The maximum absolute atomic E-state index is 13.4. The molecule has 11 heteroatoms. The smallest absolute Gasteiger partial charge is 0.340 e. The Labute approximate surface area is 191 Å². The van der Waals surface area contributed by atoms with Crippen LogP contribution in [-0.4, -0.2) is 70.8 Å². The summed E-state index contributed by atoms with van der Waals surface area (Å²) in [5.74, 6) is -4.12. The summed E-state index contributed by atoms with van der Waals surface area (Å²) in [4.78, 5) is 52.1. The maximum Gasteiger partial charge on any atom is 0.340 e. The second-order valence-electron chi connectivity index (χ2n) is 6.54. The zero-order valence-corrected chi connectivity index (χ0v) is 20.2. The number of hydrogen-bond acceptors (Lipinski definition) is 10. The van der Waals surface area contributed by atoms with Crippen molar-refractivity contribution in [3.63, 3.8) is 0 Å². The summed E-state index contributed by atoms with van der Waals surface area (Å²) in [5.41, 5.74) is -3.07. The first-order chi connectivity index (χ1) is 15.8. The van der Waals surface area contributed by atoms with Crippen LogP contribution in [0.5, 0.6) is 0 Å². The summed E-state index contributed by atoms with van der Waals surface area (Å²) in [6, 6.07) is 8.46. The zero-order chi connectivity index (χ0) is 24.8. The fourth-order valence-electron chi connectivity index (χ4n) is 3.71. The average molecular weight is 482 g/mol. The van der Waals surface area contributed by atoms with Crippen molar-refractivity contribution in [2.75, 3.05) is 41.7 Å². The Hall–Kier alpha value is -2.94. The van der Waals surface area contributed by atoms with Gasteiger partial charge in [0.05, 0.1) is 52.8 Å². The minimum Gasteiger partial charge on any atom is -0.468 e. The van der Waals surface area contributed by atoms with Gasteiger partial charge in [-0.3, -0.25) is 4.79 Å². The van der Waals surface area contributed by atoms with Gasteiger partial charge in [0.1, 0.15) is 5.29 Å². The molecule has 180 valence electrons. The summed E-state index contributed by atoms with van der Waals surface area (Å²) in [5, 5.41) is 0.0535. The van der Waals surface area contributed by atoms with Gasteiger partial charge in [-0.1, -0.05) is 30.3 Å². The molecule has 0 spiro atoms. The van der Waals surface area contributed by atoms with E-state index < -0.39 is 47.8 Å². The molecule has 33 heavy (non-hydrogen) atoms. The van der Waals surface area contributed by atoms with Gasteiger partial charge in [-0.2, -0.15) is 0 Å². The first kappa shape index (κ1) is 26.3. The van der Waals surface area contributed by atoms with Crippen LogP contribution in [0.2, 0.25) is 0 Å². The third-order valence-corrected chi connectivity index (χ3v) is 8.28. The molecule has 0 unspecified atom stereocenters. The molecule has 0 N–H and O–H groups in total. The van der Waals surface area contributed by atoms with Crippen LogP contribution in [0.3, 0.4) is 0 Å². The van der Waals surface area contributed by atoms with E-state index in [2.05, 4.69) is 0 Å². The van der Waals surface area contributed by atoms with E-state index in [4.69, 9.17) is 28.0 Å². The first-order valence-electron chi connectivity index (χ1n) is 9.98. The summed E-state index contributed by atoms with van der Waals surface area (Å²) >= 11 is 0. The molecule has 0 fully saturated rings. The number of ether oxygens (including phenoxy) is 4. The number of rotatable bonds is 10. The number of methoxy groups -OCH3 is 4. The Bertz CT molecular complexity index is 989. The third kappa shape index (κ3) is 4.21. The highest BCUT2D eigenvalue weighted by Crippen LogP contribution is 2.64. The van der Waals surface area contributed by atoms with Crippen LogP contribution < -0.4 is 5.30 Å². The third-order valence-electron chi connectivity index (χ3n) is 4.95. The SMILES string of the molecule is CCOP(OCC)(=C(C(=O)OC)C1(C(=O)OC)C(C(=O)OC)=C1C(=O)OC)c1ccccc1. The Balaban J connectivity index is 3.16. The fraction of sp³-hybridized carbons (Fsp3) is 0.409. The molecule has 0 heterocycles. The lowest BCUT2D eigenvalue weighted by Gasteiger charge is -2.32. The molecule has 0 aliphatic heterocycles. The topological polar surface area (TPSA) is 124 Å². The Morgan fingerprint density at radius 2 is 1.24 bits per heavy atom. The lowest BCUT2D eigenvalue weighted by atomic mass is 9.92. The predicted octanol–water partition coefficient (Wildman–Crippen LogP) is 1.39. The molecule has 0 amide bonds. The van der Waals surface area contributed by atoms with E-state index in [1.807, 2.05) is 0 Å². The average Bonchev–Trinajstić information content (AvgIpc) is 3.53. The lowest BCUT2D eigenvalue weighted by Crippen LogP contribution is -2.42. The zero-order valence-electron chi connectivity index (χ0n) is 19.3. The molecule has 1 aliphatic rings. The maximum atomic E-state index is 13.4. The Kier molecular flexibility index (Phi) is 8.60. The molecule has 1 aromatic carbocycles. The quantitative estimate of drug-likeness (QED) is 0.275. The van der Waals surface area contributed by atoms with Crippen molar-refractivity contribution >= 4 is 41.8 Å². The van der Waals surface area contributed by atoms with Gasteiger partial charge in [-0.15, -0.1) is 0 Å².